The lowest BCUT2D eigenvalue weighted by molar-refractivity contribution is 0.0482. The number of hydrogen-bond donors (Lipinski definition) is 0. The molecule has 2 aromatic rings. The van der Waals surface area contributed by atoms with Crippen molar-refractivity contribution in [2.45, 2.75) is 11.3 Å². The molecule has 0 saturated heterocycles. The largest absolute Gasteiger partial charge is 0.462 e. The molecule has 2 aromatic carbocycles. The van der Waals surface area contributed by atoms with Crippen molar-refractivity contribution in [2.24, 2.45) is 0 Å². The lowest BCUT2D eigenvalue weighted by atomic mass is 10.1. The molecule has 0 spiro atoms. The molecule has 1 heterocycles. The van der Waals surface area contributed by atoms with Gasteiger partial charge in [0.05, 0.1) is 28.2 Å². The maximum Gasteiger partial charge on any atom is 0.338 e. The Balaban J connectivity index is 1.51. The Morgan fingerprint density at radius 1 is 0.963 bits per heavy atom. The van der Waals surface area contributed by atoms with Gasteiger partial charge in [-0.15, -0.1) is 0 Å². The van der Waals surface area contributed by atoms with E-state index in [4.69, 9.17) is 4.74 Å². The third kappa shape index (κ3) is 3.90. The minimum Gasteiger partial charge on any atom is -0.462 e. The first kappa shape index (κ1) is 18.8. The summed E-state index contributed by atoms with van der Waals surface area (Å²) in [7, 11) is -3.33. The molecule has 27 heavy (non-hydrogen) atoms. The molecule has 0 saturated carbocycles. The fourth-order valence-electron chi connectivity index (χ4n) is 2.75. The van der Waals surface area contributed by atoms with Crippen LogP contribution in [0.15, 0.2) is 53.4 Å². The van der Waals surface area contributed by atoms with Gasteiger partial charge in [-0.3, -0.25) is 14.5 Å². The molecule has 0 aromatic heterocycles. The summed E-state index contributed by atoms with van der Waals surface area (Å²) in [6.45, 7) is 0.173. The van der Waals surface area contributed by atoms with Crippen LogP contribution in [-0.2, 0) is 14.6 Å². The van der Waals surface area contributed by atoms with Gasteiger partial charge in [0, 0.05) is 12.8 Å². The molecule has 1 aliphatic heterocycles. The van der Waals surface area contributed by atoms with Crippen molar-refractivity contribution in [1.82, 2.24) is 4.90 Å². The zero-order valence-corrected chi connectivity index (χ0v) is 15.4. The average molecular weight is 387 g/mol. The highest BCUT2D eigenvalue weighted by molar-refractivity contribution is 7.90. The van der Waals surface area contributed by atoms with E-state index in [-0.39, 0.29) is 35.4 Å². The predicted molar refractivity (Wildman–Crippen MR) is 96.3 cm³/mol. The van der Waals surface area contributed by atoms with Crippen molar-refractivity contribution < 1.29 is 27.5 Å². The number of imide groups is 1. The van der Waals surface area contributed by atoms with Crippen LogP contribution in [0.2, 0.25) is 0 Å². The van der Waals surface area contributed by atoms with Gasteiger partial charge in [-0.25, -0.2) is 13.2 Å². The maximum atomic E-state index is 12.2. The van der Waals surface area contributed by atoms with E-state index in [1.165, 1.54) is 24.3 Å². The quantitative estimate of drug-likeness (QED) is 0.427. The number of fused-ring (bicyclic) bond motifs is 1. The van der Waals surface area contributed by atoms with Gasteiger partial charge in [0.15, 0.2) is 9.84 Å². The number of ether oxygens (including phenoxy) is 1. The number of hydrogen-bond acceptors (Lipinski definition) is 6. The highest BCUT2D eigenvalue weighted by Crippen LogP contribution is 2.22. The summed E-state index contributed by atoms with van der Waals surface area (Å²) in [5.41, 5.74) is 0.985. The van der Waals surface area contributed by atoms with Crippen LogP contribution in [-0.4, -0.2) is 50.5 Å². The Kier molecular flexibility index (Phi) is 5.09. The second kappa shape index (κ2) is 7.32. The highest BCUT2D eigenvalue weighted by atomic mass is 32.2. The maximum absolute atomic E-state index is 12.2. The fourth-order valence-corrected chi connectivity index (χ4v) is 3.38. The van der Waals surface area contributed by atoms with E-state index >= 15 is 0 Å². The molecular weight excluding hydrogens is 370 g/mol. The molecule has 0 aliphatic carbocycles. The van der Waals surface area contributed by atoms with Gasteiger partial charge in [-0.1, -0.05) is 12.1 Å². The molecule has 140 valence electrons. The summed E-state index contributed by atoms with van der Waals surface area (Å²) in [5, 5.41) is 0. The van der Waals surface area contributed by atoms with Gasteiger partial charge < -0.3 is 4.74 Å². The smallest absolute Gasteiger partial charge is 0.338 e. The van der Waals surface area contributed by atoms with E-state index in [0.29, 0.717) is 17.5 Å². The molecule has 0 atom stereocenters. The Bertz CT molecular complexity index is 976. The molecule has 3 rings (SSSR count). The molecule has 1 aliphatic rings. The van der Waals surface area contributed by atoms with Crippen molar-refractivity contribution >= 4 is 27.6 Å². The Morgan fingerprint density at radius 3 is 2.04 bits per heavy atom. The SMILES string of the molecule is CS(=O)(=O)c1ccc(C(=O)OCCCN2C(=O)c3ccccc3C2=O)cc1. The molecule has 0 N–H and O–H groups in total. The van der Waals surface area contributed by atoms with Gasteiger partial charge in [-0.05, 0) is 42.8 Å². The van der Waals surface area contributed by atoms with Gasteiger partial charge in [0.2, 0.25) is 0 Å². The third-order valence-corrected chi connectivity index (χ3v) is 5.28. The number of rotatable bonds is 6. The molecular formula is C19H17NO6S. The van der Waals surface area contributed by atoms with E-state index in [2.05, 4.69) is 0 Å². The van der Waals surface area contributed by atoms with E-state index in [0.717, 1.165) is 11.2 Å². The fraction of sp³-hybridized carbons (Fsp3) is 0.211. The summed E-state index contributed by atoms with van der Waals surface area (Å²) in [6.07, 6.45) is 1.39. The van der Waals surface area contributed by atoms with Crippen LogP contribution in [0.25, 0.3) is 0 Å². The van der Waals surface area contributed by atoms with Gasteiger partial charge >= 0.3 is 5.97 Å². The van der Waals surface area contributed by atoms with Crippen LogP contribution in [0.4, 0.5) is 0 Å². The first-order valence-electron chi connectivity index (χ1n) is 8.21. The highest BCUT2D eigenvalue weighted by Gasteiger charge is 2.34. The van der Waals surface area contributed by atoms with E-state index < -0.39 is 15.8 Å². The monoisotopic (exact) mass is 387 g/mol. The van der Waals surface area contributed by atoms with E-state index in [1.54, 1.807) is 24.3 Å². The summed E-state index contributed by atoms with van der Waals surface area (Å²) >= 11 is 0. The van der Waals surface area contributed by atoms with E-state index in [1.807, 2.05) is 0 Å². The lowest BCUT2D eigenvalue weighted by Crippen LogP contribution is -2.31. The number of benzene rings is 2. The first-order valence-corrected chi connectivity index (χ1v) is 10.1. The van der Waals surface area contributed by atoms with Crippen molar-refractivity contribution in [1.29, 1.82) is 0 Å². The summed E-state index contributed by atoms with van der Waals surface area (Å²) < 4.78 is 27.9. The van der Waals surface area contributed by atoms with Crippen molar-refractivity contribution in [3.05, 3.63) is 65.2 Å². The number of amides is 2. The number of carbonyl (C=O) groups is 3. The van der Waals surface area contributed by atoms with Gasteiger partial charge in [0.25, 0.3) is 11.8 Å². The topological polar surface area (TPSA) is 97.8 Å². The third-order valence-electron chi connectivity index (χ3n) is 4.16. The minimum atomic E-state index is -3.33. The van der Waals surface area contributed by atoms with Crippen LogP contribution in [0.1, 0.15) is 37.5 Å². The first-order chi connectivity index (χ1) is 12.8. The average Bonchev–Trinajstić information content (AvgIpc) is 2.89. The van der Waals surface area contributed by atoms with Crippen molar-refractivity contribution in [2.75, 3.05) is 19.4 Å². The summed E-state index contributed by atoms with van der Waals surface area (Å²) in [5.74, 6) is -1.30. The summed E-state index contributed by atoms with van der Waals surface area (Å²) in [4.78, 5) is 37.7. The molecule has 0 radical (unpaired) electrons. The Morgan fingerprint density at radius 2 is 1.52 bits per heavy atom. The van der Waals surface area contributed by atoms with Crippen LogP contribution in [0.3, 0.4) is 0 Å². The zero-order valence-electron chi connectivity index (χ0n) is 14.5. The Labute approximate surface area is 156 Å². The van der Waals surface area contributed by atoms with Crippen LogP contribution in [0, 0.1) is 0 Å². The molecule has 7 nitrogen and oxygen atoms in total. The molecule has 0 fully saturated rings. The normalized spacial score (nSPS) is 13.6. The van der Waals surface area contributed by atoms with Crippen molar-refractivity contribution in [3.8, 4) is 0 Å². The minimum absolute atomic E-state index is 0.0278. The molecule has 0 unspecified atom stereocenters. The van der Waals surface area contributed by atoms with Crippen molar-refractivity contribution in [3.63, 3.8) is 0 Å². The van der Waals surface area contributed by atoms with E-state index in [9.17, 15) is 22.8 Å². The molecule has 2 amide bonds. The standard InChI is InChI=1S/C19H17NO6S/c1-27(24,25)14-9-7-13(8-10-14)19(23)26-12-4-11-20-17(21)15-5-2-3-6-16(15)18(20)22/h2-3,5-10H,4,11-12H2,1H3. The van der Waals surface area contributed by atoms with Crippen LogP contribution >= 0.6 is 0 Å². The number of esters is 1. The van der Waals surface area contributed by atoms with Gasteiger partial charge in [-0.2, -0.15) is 0 Å². The lowest BCUT2D eigenvalue weighted by Gasteiger charge is -2.13. The number of nitrogens with zero attached hydrogens (tertiary/aromatic N) is 1. The van der Waals surface area contributed by atoms with Crippen LogP contribution < -0.4 is 0 Å². The molecule has 0 bridgehead atoms. The van der Waals surface area contributed by atoms with Gasteiger partial charge in [0.1, 0.15) is 0 Å². The zero-order chi connectivity index (χ0) is 19.6. The molecule has 8 heteroatoms. The number of carbonyl (C=O) groups excluding carboxylic acids is 3. The predicted octanol–water partition coefficient (Wildman–Crippen LogP) is 1.93. The Hall–Kier alpha value is -3.00. The summed E-state index contributed by atoms with van der Waals surface area (Å²) in [6, 6.07) is 12.0. The van der Waals surface area contributed by atoms with Crippen LogP contribution in [0.5, 0.6) is 0 Å². The second-order valence-corrected chi connectivity index (χ2v) is 8.11. The second-order valence-electron chi connectivity index (χ2n) is 6.09. The number of sulfone groups is 1.